The summed E-state index contributed by atoms with van der Waals surface area (Å²) >= 11 is 0. The first-order valence-corrected chi connectivity index (χ1v) is 17.4. The summed E-state index contributed by atoms with van der Waals surface area (Å²) in [4.78, 5) is 54.9. The minimum Gasteiger partial charge on any atom is -0.726 e. The Balaban J connectivity index is 1.42. The van der Waals surface area contributed by atoms with Crippen LogP contribution in [0.5, 0.6) is 0 Å². The van der Waals surface area contributed by atoms with Crippen molar-refractivity contribution in [1.82, 2.24) is 9.80 Å². The minimum absolute atomic E-state index is 0.154. The summed E-state index contributed by atoms with van der Waals surface area (Å²) in [6.07, 6.45) is -17.5. The molecule has 0 saturated carbocycles. The van der Waals surface area contributed by atoms with Gasteiger partial charge in [-0.15, -0.1) is 0 Å². The topological polar surface area (TPSA) is 316 Å². The number of carbonyl (C=O) groups is 4. The number of fused-ring (bicyclic) bond motifs is 2. The Morgan fingerprint density at radius 1 is 0.608 bits per heavy atom. The van der Waals surface area contributed by atoms with Gasteiger partial charge in [0.2, 0.25) is 20.8 Å². The van der Waals surface area contributed by atoms with Crippen LogP contribution >= 0.6 is 0 Å². The van der Waals surface area contributed by atoms with E-state index in [1.807, 2.05) is 0 Å². The van der Waals surface area contributed by atoms with Gasteiger partial charge in [0.05, 0.1) is 35.5 Å². The monoisotopic (exact) mass is 758 g/mol. The van der Waals surface area contributed by atoms with E-state index in [2.05, 4.69) is 8.37 Å². The zero-order valence-electron chi connectivity index (χ0n) is 25.4. The fourth-order valence-electron chi connectivity index (χ4n) is 6.34. The molecule has 4 aliphatic rings. The molecule has 276 valence electrons. The zero-order chi connectivity index (χ0) is 37.2. The molecule has 2 aromatic rings. The van der Waals surface area contributed by atoms with E-state index in [9.17, 15) is 65.5 Å². The van der Waals surface area contributed by atoms with Gasteiger partial charge in [0.25, 0.3) is 23.6 Å². The lowest BCUT2D eigenvalue weighted by atomic mass is 9.93. The predicted octanol–water partition coefficient (Wildman–Crippen LogP) is -3.82. The number of amides is 4. The smallest absolute Gasteiger partial charge is 0.262 e. The van der Waals surface area contributed by atoms with Crippen LogP contribution in [0.15, 0.2) is 48.5 Å². The van der Waals surface area contributed by atoms with Gasteiger partial charge in [0.15, 0.2) is 12.6 Å². The summed E-state index contributed by atoms with van der Waals surface area (Å²) in [5.74, 6) is -4.16. The molecule has 4 aliphatic heterocycles. The normalized spacial score (nSPS) is 32.7. The van der Waals surface area contributed by atoms with Crippen LogP contribution in [0, 0.1) is 0 Å². The van der Waals surface area contributed by atoms with Gasteiger partial charge < -0.3 is 43.7 Å². The summed E-state index contributed by atoms with van der Waals surface area (Å²) < 4.78 is 92.4. The van der Waals surface area contributed by atoms with E-state index < -0.39 is 119 Å². The highest BCUT2D eigenvalue weighted by atomic mass is 32.3. The van der Waals surface area contributed by atoms with Crippen LogP contribution < -0.4 is 0 Å². The lowest BCUT2D eigenvalue weighted by Crippen LogP contribution is -2.70. The molecule has 0 radical (unpaired) electrons. The highest BCUT2D eigenvalue weighted by Gasteiger charge is 2.58. The fraction of sp³-hybridized carbons (Fsp3) is 0.429. The number of hydrogen-bond acceptors (Lipinski definition) is 19. The second kappa shape index (κ2) is 13.6. The average molecular weight is 759 g/mol. The maximum absolute atomic E-state index is 13.5. The highest BCUT2D eigenvalue weighted by molar-refractivity contribution is 7.81. The van der Waals surface area contributed by atoms with Crippen LogP contribution in [0.2, 0.25) is 0 Å². The van der Waals surface area contributed by atoms with Crippen molar-refractivity contribution in [2.45, 2.75) is 61.3 Å². The first kappa shape index (κ1) is 37.0. The Morgan fingerprint density at radius 3 is 1.41 bits per heavy atom. The number of ether oxygens (including phenoxy) is 3. The van der Waals surface area contributed by atoms with E-state index >= 15 is 0 Å². The maximum Gasteiger partial charge on any atom is 0.262 e. The van der Waals surface area contributed by atoms with Gasteiger partial charge in [-0.2, -0.15) is 0 Å². The molecular formula is C28H26N2O19S2-2. The van der Waals surface area contributed by atoms with E-state index in [4.69, 9.17) is 14.2 Å². The molecule has 10 atom stereocenters. The molecule has 6 rings (SSSR count). The van der Waals surface area contributed by atoms with Gasteiger partial charge in [0, 0.05) is 0 Å². The number of carbonyl (C=O) groups excluding carboxylic acids is 4. The lowest BCUT2D eigenvalue weighted by molar-refractivity contribution is -0.332. The van der Waals surface area contributed by atoms with Crippen LogP contribution in [-0.2, 0) is 43.4 Å². The molecule has 0 aliphatic carbocycles. The molecule has 23 heteroatoms. The molecule has 0 bridgehead atoms. The van der Waals surface area contributed by atoms with Crippen LogP contribution in [0.3, 0.4) is 0 Å². The van der Waals surface area contributed by atoms with Crippen molar-refractivity contribution in [3.63, 3.8) is 0 Å². The Kier molecular flexibility index (Phi) is 9.87. The van der Waals surface area contributed by atoms with Crippen molar-refractivity contribution in [1.29, 1.82) is 0 Å². The van der Waals surface area contributed by atoms with E-state index in [0.29, 0.717) is 9.80 Å². The van der Waals surface area contributed by atoms with Crippen molar-refractivity contribution < 1.29 is 88.1 Å². The van der Waals surface area contributed by atoms with Crippen LogP contribution in [0.1, 0.15) is 41.4 Å². The largest absolute Gasteiger partial charge is 0.726 e. The summed E-state index contributed by atoms with van der Waals surface area (Å²) in [5, 5.41) is 44.8. The standard InChI is InChI=1S/C28H28N2O19S2/c31-19-15(9-45-50(39,40)41)48-28(17(21(19)33)29-23(34)11-5-1-2-6-12(11)24(29)35)49-22-18(27(38)47-16(20(22)32)10-46-51(42,43)44)30-25(36)13-7-3-4-8-14(13)26(30)37/h1-8,15-22,27-28,31-33,38H,9-10H2,(H,39,40,41)(H,42,43,44)/p-2/t15?,16?,17?,18?,19-,20-,21-,22-,27-,28+/m1/s1. The predicted molar refractivity (Wildman–Crippen MR) is 155 cm³/mol. The molecule has 4 heterocycles. The van der Waals surface area contributed by atoms with Crippen LogP contribution in [-0.4, -0.2) is 154 Å². The van der Waals surface area contributed by atoms with Gasteiger partial charge in [-0.05, 0) is 24.3 Å². The highest BCUT2D eigenvalue weighted by Crippen LogP contribution is 2.38. The number of aliphatic hydroxyl groups is 4. The molecule has 4 N–H and O–H groups in total. The van der Waals surface area contributed by atoms with Crippen molar-refractivity contribution in [3.05, 3.63) is 70.8 Å². The lowest BCUT2D eigenvalue weighted by Gasteiger charge is -2.50. The van der Waals surface area contributed by atoms with Crippen molar-refractivity contribution in [3.8, 4) is 0 Å². The number of benzene rings is 2. The molecule has 2 aromatic carbocycles. The van der Waals surface area contributed by atoms with Gasteiger partial charge in [-0.25, -0.2) is 16.8 Å². The molecule has 0 spiro atoms. The van der Waals surface area contributed by atoms with Gasteiger partial charge in [-0.1, -0.05) is 24.3 Å². The first-order valence-electron chi connectivity index (χ1n) is 14.7. The minimum atomic E-state index is -5.43. The molecule has 21 nitrogen and oxygen atoms in total. The average Bonchev–Trinajstić information content (AvgIpc) is 3.46. The maximum atomic E-state index is 13.5. The van der Waals surface area contributed by atoms with Crippen molar-refractivity contribution in [2.24, 2.45) is 0 Å². The number of nitrogens with zero attached hydrogens (tertiary/aromatic N) is 2. The second-order valence-corrected chi connectivity index (χ2v) is 13.7. The number of hydrogen-bond donors (Lipinski definition) is 4. The number of aliphatic hydroxyl groups excluding tert-OH is 4. The molecule has 2 fully saturated rings. The van der Waals surface area contributed by atoms with Crippen molar-refractivity contribution in [2.75, 3.05) is 13.2 Å². The molecule has 4 amide bonds. The van der Waals surface area contributed by atoms with Crippen LogP contribution in [0.25, 0.3) is 0 Å². The van der Waals surface area contributed by atoms with E-state index in [0.717, 1.165) is 0 Å². The van der Waals surface area contributed by atoms with E-state index in [1.165, 1.54) is 48.5 Å². The Bertz CT molecular complexity index is 1900. The second-order valence-electron chi connectivity index (χ2n) is 11.6. The third-order valence-electron chi connectivity index (χ3n) is 8.62. The summed E-state index contributed by atoms with van der Waals surface area (Å²) in [6, 6.07) is 6.57. The quantitative estimate of drug-likeness (QED) is 0.102. The SMILES string of the molecule is O=C1c2ccccc2C(=O)N1C1[C@H](O[C@@H]2C(N3C(=O)c4ccccc4C3=O)[C@H](O)OC(COS(=O)(=O)[O-])[C@H]2O)OC(COS(=O)(=O)[O-])[C@@H](O)[C@@H]1O. The zero-order valence-corrected chi connectivity index (χ0v) is 27.1. The third-order valence-corrected chi connectivity index (χ3v) is 9.47. The molecule has 51 heavy (non-hydrogen) atoms. The van der Waals surface area contributed by atoms with Gasteiger partial charge in [-0.3, -0.25) is 37.3 Å². The van der Waals surface area contributed by atoms with E-state index in [-0.39, 0.29) is 22.3 Å². The first-order chi connectivity index (χ1) is 23.9. The van der Waals surface area contributed by atoms with Gasteiger partial charge in [0.1, 0.15) is 48.7 Å². The van der Waals surface area contributed by atoms with E-state index in [1.54, 1.807) is 0 Å². The Hall–Kier alpha value is -3.82. The number of rotatable bonds is 10. The molecule has 0 aromatic heterocycles. The van der Waals surface area contributed by atoms with Gasteiger partial charge >= 0.3 is 0 Å². The fourth-order valence-corrected chi connectivity index (χ4v) is 6.94. The van der Waals surface area contributed by atoms with Crippen molar-refractivity contribution >= 4 is 44.4 Å². The summed E-state index contributed by atoms with van der Waals surface area (Å²) in [6.45, 7) is -2.53. The van der Waals surface area contributed by atoms with Crippen LogP contribution in [0.4, 0.5) is 0 Å². The molecular weight excluding hydrogens is 732 g/mol. The summed E-state index contributed by atoms with van der Waals surface area (Å²) in [7, 11) is -10.9. The summed E-state index contributed by atoms with van der Waals surface area (Å²) in [5.41, 5.74) is -0.629. The molecule has 4 unspecified atom stereocenters. The number of imide groups is 2. The Morgan fingerprint density at radius 2 is 1.00 bits per heavy atom. The third kappa shape index (κ3) is 6.91. The molecule has 2 saturated heterocycles. The Labute approximate surface area is 287 Å².